The number of carbonyl (C=O) groups excluding carboxylic acids is 1. The molecule has 0 atom stereocenters. The molecule has 1 aromatic heterocycles. The number of amides is 1. The van der Waals surface area contributed by atoms with E-state index in [0.29, 0.717) is 0 Å². The molecule has 1 amide bonds. The quantitative estimate of drug-likeness (QED) is 0.603. The molecule has 0 radical (unpaired) electrons. The summed E-state index contributed by atoms with van der Waals surface area (Å²) in [5.41, 5.74) is -0.990. The predicted molar refractivity (Wildman–Crippen MR) is 108 cm³/mol. The van der Waals surface area contributed by atoms with Gasteiger partial charge in [0.2, 0.25) is 0 Å². The number of fused-ring (bicyclic) bond motifs is 1. The number of rotatable bonds is 6. The van der Waals surface area contributed by atoms with Gasteiger partial charge in [-0.2, -0.15) is 13.2 Å². The van der Waals surface area contributed by atoms with E-state index >= 15 is 0 Å². The van der Waals surface area contributed by atoms with Gasteiger partial charge in [0.1, 0.15) is 16.2 Å². The van der Waals surface area contributed by atoms with E-state index in [1.165, 1.54) is 29.2 Å². The summed E-state index contributed by atoms with van der Waals surface area (Å²) in [7, 11) is -1.26. The fraction of sp³-hybridized carbons (Fsp3) is 0.250. The van der Waals surface area contributed by atoms with Gasteiger partial charge in [0.05, 0.1) is 12.2 Å². The molecule has 0 aliphatic rings. The van der Waals surface area contributed by atoms with Crippen molar-refractivity contribution < 1.29 is 35.5 Å². The smallest absolute Gasteiger partial charge is 0.417 e. The number of ether oxygens (including phenoxy) is 1. The summed E-state index contributed by atoms with van der Waals surface area (Å²) >= 11 is 0. The van der Waals surface area contributed by atoms with Gasteiger partial charge in [0.25, 0.3) is 10.0 Å². The number of anilines is 1. The number of sulfonamides is 1. The van der Waals surface area contributed by atoms with Crippen LogP contribution in [0.1, 0.15) is 23.0 Å². The Balaban J connectivity index is 2.02. The average Bonchev–Trinajstić information content (AvgIpc) is 3.11. The van der Waals surface area contributed by atoms with Gasteiger partial charge in [-0.15, -0.1) is 0 Å². The van der Waals surface area contributed by atoms with Crippen molar-refractivity contribution in [2.45, 2.75) is 18.0 Å². The molecule has 0 aliphatic heterocycles. The Kier molecular flexibility index (Phi) is 5.90. The van der Waals surface area contributed by atoms with Gasteiger partial charge in [-0.05, 0) is 31.2 Å². The van der Waals surface area contributed by atoms with Crippen LogP contribution >= 0.6 is 0 Å². The molecule has 31 heavy (non-hydrogen) atoms. The van der Waals surface area contributed by atoms with Crippen molar-refractivity contribution in [3.05, 3.63) is 53.8 Å². The van der Waals surface area contributed by atoms with Crippen LogP contribution < -0.4 is 14.4 Å². The van der Waals surface area contributed by atoms with E-state index in [9.17, 15) is 26.4 Å². The number of halogens is 3. The topological polar surface area (TPSA) is 88.8 Å². The van der Waals surface area contributed by atoms with Crippen molar-refractivity contribution in [3.63, 3.8) is 0 Å². The Labute approximate surface area is 176 Å². The van der Waals surface area contributed by atoms with E-state index < -0.39 is 33.4 Å². The number of hydrogen-bond acceptors (Lipinski definition) is 6. The van der Waals surface area contributed by atoms with Crippen LogP contribution in [0.15, 0.2) is 51.8 Å². The third kappa shape index (κ3) is 4.61. The molecule has 0 saturated carbocycles. The molecule has 1 N–H and O–H groups in total. The molecule has 3 aromatic rings. The highest BCUT2D eigenvalue weighted by atomic mass is 32.2. The number of hydrogen-bond donors (Lipinski definition) is 1. The van der Waals surface area contributed by atoms with Crippen molar-refractivity contribution in [2.75, 3.05) is 25.6 Å². The Morgan fingerprint density at radius 1 is 1.16 bits per heavy atom. The molecule has 0 unspecified atom stereocenters. The Bertz CT molecular complexity index is 1230. The van der Waals surface area contributed by atoms with Crippen molar-refractivity contribution in [1.82, 2.24) is 4.72 Å². The van der Waals surface area contributed by atoms with Gasteiger partial charge in [0, 0.05) is 31.2 Å². The first-order valence-electron chi connectivity index (χ1n) is 9.05. The molecule has 2 aromatic carbocycles. The summed E-state index contributed by atoms with van der Waals surface area (Å²) in [6.07, 6.45) is -4.70. The van der Waals surface area contributed by atoms with Crippen molar-refractivity contribution in [2.24, 2.45) is 0 Å². The summed E-state index contributed by atoms with van der Waals surface area (Å²) in [5.74, 6) is -1.75. The Morgan fingerprint density at radius 2 is 1.84 bits per heavy atom. The first-order chi connectivity index (χ1) is 14.4. The zero-order valence-electron chi connectivity index (χ0n) is 16.8. The normalized spacial score (nSPS) is 12.1. The molecule has 0 spiro atoms. The van der Waals surface area contributed by atoms with Crippen LogP contribution in [0.4, 0.5) is 18.9 Å². The van der Waals surface area contributed by atoms with Gasteiger partial charge in [0.15, 0.2) is 5.76 Å². The molecule has 11 heteroatoms. The maximum absolute atomic E-state index is 13.5. The predicted octanol–water partition coefficient (Wildman–Crippen LogP) is 4.04. The summed E-state index contributed by atoms with van der Waals surface area (Å²) in [5, 5.41) is -0.352. The zero-order valence-corrected chi connectivity index (χ0v) is 17.6. The molecule has 0 saturated heterocycles. The molecule has 3 rings (SSSR count). The van der Waals surface area contributed by atoms with Gasteiger partial charge in [-0.1, -0.05) is 12.1 Å². The lowest BCUT2D eigenvalue weighted by molar-refractivity contribution is -0.136. The Morgan fingerprint density at radius 3 is 2.45 bits per heavy atom. The van der Waals surface area contributed by atoms with E-state index in [1.807, 2.05) is 4.72 Å². The third-order valence-electron chi connectivity index (χ3n) is 4.33. The van der Waals surface area contributed by atoms with Gasteiger partial charge < -0.3 is 14.1 Å². The van der Waals surface area contributed by atoms with Crippen molar-refractivity contribution in [3.8, 4) is 5.75 Å². The molecule has 0 aliphatic carbocycles. The maximum atomic E-state index is 13.5. The average molecular weight is 456 g/mol. The number of para-hydroxylation sites is 1. The number of alkyl halides is 3. The van der Waals surface area contributed by atoms with Crippen LogP contribution in [0.5, 0.6) is 5.75 Å². The van der Waals surface area contributed by atoms with E-state index in [0.717, 1.165) is 12.1 Å². The molecule has 7 nitrogen and oxygen atoms in total. The van der Waals surface area contributed by atoms with Crippen molar-refractivity contribution in [1.29, 1.82) is 0 Å². The largest absolute Gasteiger partial charge is 0.492 e. The summed E-state index contributed by atoms with van der Waals surface area (Å²) in [6, 6.07) is 8.80. The zero-order chi connectivity index (χ0) is 23.0. The van der Waals surface area contributed by atoms with Crippen LogP contribution in [-0.2, 0) is 16.2 Å². The SMILES string of the molecule is CCOc1ccccc1S(=O)(=O)NC(=O)c1cc2c(C(F)(F)F)cc(N(C)C)cc2o1. The first-order valence-corrected chi connectivity index (χ1v) is 10.5. The van der Waals surface area contributed by atoms with Gasteiger partial charge >= 0.3 is 12.1 Å². The fourth-order valence-electron chi connectivity index (χ4n) is 2.90. The maximum Gasteiger partial charge on any atom is 0.417 e. The lowest BCUT2D eigenvalue weighted by Gasteiger charge is -2.15. The molecular weight excluding hydrogens is 437 g/mol. The molecular formula is C20H19F3N2O5S. The second-order valence-corrected chi connectivity index (χ2v) is 8.37. The molecule has 166 valence electrons. The highest BCUT2D eigenvalue weighted by Crippen LogP contribution is 2.39. The minimum Gasteiger partial charge on any atom is -0.492 e. The van der Waals surface area contributed by atoms with Crippen LogP contribution in [0.25, 0.3) is 11.0 Å². The fourth-order valence-corrected chi connectivity index (χ4v) is 4.01. The summed E-state index contributed by atoms with van der Waals surface area (Å²) in [4.78, 5) is 13.7. The van der Waals surface area contributed by atoms with E-state index in [2.05, 4.69) is 0 Å². The van der Waals surface area contributed by atoms with Gasteiger partial charge in [-0.25, -0.2) is 13.1 Å². The number of benzene rings is 2. The van der Waals surface area contributed by atoms with Crippen LogP contribution in [0.2, 0.25) is 0 Å². The standard InChI is InChI=1S/C20H19F3N2O5S/c1-4-29-15-7-5-6-8-18(15)31(27,28)24-19(26)17-11-13-14(20(21,22)23)9-12(25(2)3)10-16(13)30-17/h5-11H,4H2,1-3H3,(H,24,26). The Hall–Kier alpha value is -3.21. The first kappa shape index (κ1) is 22.5. The lowest BCUT2D eigenvalue weighted by atomic mass is 10.1. The lowest BCUT2D eigenvalue weighted by Crippen LogP contribution is -2.30. The second kappa shape index (κ2) is 8.14. The number of nitrogens with one attached hydrogen (secondary N) is 1. The third-order valence-corrected chi connectivity index (χ3v) is 5.70. The summed E-state index contributed by atoms with van der Waals surface area (Å²) < 4.78 is 78.2. The molecule has 1 heterocycles. The molecule has 0 fully saturated rings. The highest BCUT2D eigenvalue weighted by molar-refractivity contribution is 7.90. The summed E-state index contributed by atoms with van der Waals surface area (Å²) in [6.45, 7) is 1.86. The van der Waals surface area contributed by atoms with Gasteiger partial charge in [-0.3, -0.25) is 4.79 Å². The minimum absolute atomic E-state index is 0.0323. The number of furan rings is 1. The van der Waals surface area contributed by atoms with Crippen LogP contribution in [0, 0.1) is 0 Å². The van der Waals surface area contributed by atoms with Crippen LogP contribution in [0.3, 0.4) is 0 Å². The van der Waals surface area contributed by atoms with E-state index in [4.69, 9.17) is 9.15 Å². The monoisotopic (exact) mass is 456 g/mol. The van der Waals surface area contributed by atoms with Crippen LogP contribution in [-0.4, -0.2) is 35.0 Å². The minimum atomic E-state index is -4.70. The second-order valence-electron chi connectivity index (χ2n) is 6.72. The molecule has 0 bridgehead atoms. The van der Waals surface area contributed by atoms with E-state index in [1.54, 1.807) is 27.1 Å². The van der Waals surface area contributed by atoms with Crippen molar-refractivity contribution >= 4 is 32.6 Å². The number of carbonyl (C=O) groups is 1. The highest BCUT2D eigenvalue weighted by Gasteiger charge is 2.35. The number of nitrogens with zero attached hydrogens (tertiary/aromatic N) is 1. The van der Waals surface area contributed by atoms with E-state index in [-0.39, 0.29) is 33.9 Å².